The van der Waals surface area contributed by atoms with Crippen LogP contribution in [0.2, 0.25) is 0 Å². The summed E-state index contributed by atoms with van der Waals surface area (Å²) in [6.45, 7) is 4.91. The largest absolute Gasteiger partial charge is 0.462 e. The summed E-state index contributed by atoms with van der Waals surface area (Å²) >= 11 is 0. The number of halogens is 1. The Bertz CT molecular complexity index is 847. The summed E-state index contributed by atoms with van der Waals surface area (Å²) in [6, 6.07) is 11.6. The molecule has 0 saturated carbocycles. The highest BCUT2D eigenvalue weighted by Crippen LogP contribution is 2.22. The Balaban J connectivity index is 2.04. The van der Waals surface area contributed by atoms with Crippen LogP contribution in [0.15, 0.2) is 48.5 Å². The maximum absolute atomic E-state index is 13.2. The molecule has 0 radical (unpaired) electrons. The molecule has 0 aliphatic rings. The molecule has 0 heterocycles. The zero-order valence-corrected chi connectivity index (χ0v) is 15.3. The highest BCUT2D eigenvalue weighted by molar-refractivity contribution is 6.14. The van der Waals surface area contributed by atoms with Crippen molar-refractivity contribution >= 4 is 29.2 Å². The lowest BCUT2D eigenvalue weighted by Crippen LogP contribution is -2.41. The fourth-order valence-corrected chi connectivity index (χ4v) is 2.15. The highest BCUT2D eigenvalue weighted by Gasteiger charge is 2.36. The van der Waals surface area contributed by atoms with E-state index < -0.39 is 29.0 Å². The van der Waals surface area contributed by atoms with Crippen molar-refractivity contribution in [2.45, 2.75) is 20.8 Å². The molecule has 0 saturated heterocycles. The van der Waals surface area contributed by atoms with Gasteiger partial charge in [0.05, 0.1) is 12.2 Å². The number of ether oxygens (including phenoxy) is 1. The number of rotatable bonds is 6. The van der Waals surface area contributed by atoms with Gasteiger partial charge < -0.3 is 15.4 Å². The molecule has 2 aromatic carbocycles. The van der Waals surface area contributed by atoms with Gasteiger partial charge >= 0.3 is 5.97 Å². The maximum Gasteiger partial charge on any atom is 0.338 e. The first-order chi connectivity index (χ1) is 12.7. The van der Waals surface area contributed by atoms with Gasteiger partial charge in [-0.25, -0.2) is 9.18 Å². The summed E-state index contributed by atoms with van der Waals surface area (Å²) in [6.07, 6.45) is 0. The predicted octanol–water partition coefficient (Wildman–Crippen LogP) is 3.61. The van der Waals surface area contributed by atoms with Gasteiger partial charge in [-0.15, -0.1) is 0 Å². The van der Waals surface area contributed by atoms with Gasteiger partial charge in [-0.1, -0.05) is 6.07 Å². The molecule has 0 fully saturated rings. The molecule has 2 rings (SSSR count). The Hall–Kier alpha value is -3.22. The molecule has 0 bridgehead atoms. The number of amides is 2. The molecule has 0 aromatic heterocycles. The number of carbonyl (C=O) groups excluding carboxylic acids is 3. The van der Waals surface area contributed by atoms with E-state index in [2.05, 4.69) is 10.6 Å². The lowest BCUT2D eigenvalue weighted by atomic mass is 9.90. The van der Waals surface area contributed by atoms with Crippen molar-refractivity contribution in [3.8, 4) is 0 Å². The second-order valence-corrected chi connectivity index (χ2v) is 6.34. The standard InChI is InChI=1S/C20H21FN2O4/c1-4-27-17(24)13-8-10-15(11-9-13)22-18(25)20(2,3)19(26)23-16-7-5-6-14(21)12-16/h5-12H,4H2,1-3H3,(H,22,25)(H,23,26). The van der Waals surface area contributed by atoms with E-state index in [0.717, 1.165) is 0 Å². The summed E-state index contributed by atoms with van der Waals surface area (Å²) < 4.78 is 18.1. The van der Waals surface area contributed by atoms with Gasteiger partial charge in [-0.3, -0.25) is 9.59 Å². The van der Waals surface area contributed by atoms with Crippen LogP contribution in [0.25, 0.3) is 0 Å². The second kappa shape index (κ2) is 8.44. The monoisotopic (exact) mass is 372 g/mol. The molecule has 0 aliphatic carbocycles. The molecule has 6 nitrogen and oxygen atoms in total. The van der Waals surface area contributed by atoms with E-state index in [9.17, 15) is 18.8 Å². The molecular weight excluding hydrogens is 351 g/mol. The van der Waals surface area contributed by atoms with Crippen LogP contribution in [0, 0.1) is 11.2 Å². The third-order valence-electron chi connectivity index (χ3n) is 3.87. The van der Waals surface area contributed by atoms with Crippen LogP contribution < -0.4 is 10.6 Å². The smallest absolute Gasteiger partial charge is 0.338 e. The Morgan fingerprint density at radius 2 is 1.56 bits per heavy atom. The van der Waals surface area contributed by atoms with E-state index in [4.69, 9.17) is 4.74 Å². The minimum Gasteiger partial charge on any atom is -0.462 e. The van der Waals surface area contributed by atoms with Crippen molar-refractivity contribution in [1.29, 1.82) is 0 Å². The summed E-state index contributed by atoms with van der Waals surface area (Å²) in [5, 5.41) is 5.16. The van der Waals surface area contributed by atoms with Gasteiger partial charge in [-0.2, -0.15) is 0 Å². The molecule has 2 N–H and O–H groups in total. The second-order valence-electron chi connectivity index (χ2n) is 6.34. The topological polar surface area (TPSA) is 84.5 Å². The lowest BCUT2D eigenvalue weighted by molar-refractivity contribution is -0.135. The number of carbonyl (C=O) groups is 3. The van der Waals surface area contributed by atoms with Crippen molar-refractivity contribution < 1.29 is 23.5 Å². The number of anilines is 2. The minimum atomic E-state index is -1.41. The SMILES string of the molecule is CCOC(=O)c1ccc(NC(=O)C(C)(C)C(=O)Nc2cccc(F)c2)cc1. The quantitative estimate of drug-likeness (QED) is 0.599. The van der Waals surface area contributed by atoms with Crippen molar-refractivity contribution in [2.24, 2.45) is 5.41 Å². The fourth-order valence-electron chi connectivity index (χ4n) is 2.15. The Labute approximate surface area is 156 Å². The maximum atomic E-state index is 13.2. The summed E-state index contributed by atoms with van der Waals surface area (Å²) in [4.78, 5) is 36.6. The van der Waals surface area contributed by atoms with Crippen LogP contribution in [0.3, 0.4) is 0 Å². The summed E-state index contributed by atoms with van der Waals surface area (Å²) in [5.74, 6) is -2.06. The molecule has 2 aromatic rings. The van der Waals surface area contributed by atoms with Crippen LogP contribution in [0.4, 0.5) is 15.8 Å². The van der Waals surface area contributed by atoms with Gasteiger partial charge in [0.25, 0.3) is 0 Å². The van der Waals surface area contributed by atoms with Crippen LogP contribution in [0.1, 0.15) is 31.1 Å². The predicted molar refractivity (Wildman–Crippen MR) is 99.8 cm³/mol. The molecule has 0 aliphatic heterocycles. The molecule has 0 atom stereocenters. The van der Waals surface area contributed by atoms with Gasteiger partial charge in [0.1, 0.15) is 11.2 Å². The minimum absolute atomic E-state index is 0.264. The van der Waals surface area contributed by atoms with E-state index in [1.807, 2.05) is 0 Å². The third kappa shape index (κ3) is 5.13. The molecule has 0 unspecified atom stereocenters. The van der Waals surface area contributed by atoms with Gasteiger partial charge in [-0.05, 0) is 63.2 Å². The first-order valence-electron chi connectivity index (χ1n) is 8.39. The molecule has 142 valence electrons. The van der Waals surface area contributed by atoms with Gasteiger partial charge in [0.2, 0.25) is 11.8 Å². The Kier molecular flexibility index (Phi) is 6.28. The highest BCUT2D eigenvalue weighted by atomic mass is 19.1. The number of hydrogen-bond acceptors (Lipinski definition) is 4. The van der Waals surface area contributed by atoms with Gasteiger partial charge in [0, 0.05) is 11.4 Å². The summed E-state index contributed by atoms with van der Waals surface area (Å²) in [5.41, 5.74) is -0.358. The number of hydrogen-bond donors (Lipinski definition) is 2. The van der Waals surface area contributed by atoms with Crippen molar-refractivity contribution in [2.75, 3.05) is 17.2 Å². The van der Waals surface area contributed by atoms with E-state index in [1.165, 1.54) is 50.2 Å². The van der Waals surface area contributed by atoms with Crippen molar-refractivity contribution in [3.63, 3.8) is 0 Å². The third-order valence-corrected chi connectivity index (χ3v) is 3.87. The summed E-state index contributed by atoms with van der Waals surface area (Å²) in [7, 11) is 0. The normalized spacial score (nSPS) is 10.8. The van der Waals surface area contributed by atoms with E-state index >= 15 is 0 Å². The Morgan fingerprint density at radius 1 is 0.963 bits per heavy atom. The fraction of sp³-hybridized carbons (Fsp3) is 0.250. The zero-order valence-electron chi connectivity index (χ0n) is 15.3. The zero-order chi connectivity index (χ0) is 20.0. The van der Waals surface area contributed by atoms with E-state index in [1.54, 1.807) is 19.1 Å². The van der Waals surface area contributed by atoms with Crippen LogP contribution in [-0.4, -0.2) is 24.4 Å². The number of esters is 1. The molecular formula is C20H21FN2O4. The van der Waals surface area contributed by atoms with Crippen LogP contribution >= 0.6 is 0 Å². The van der Waals surface area contributed by atoms with Crippen molar-refractivity contribution in [3.05, 3.63) is 59.9 Å². The molecule has 7 heteroatoms. The first-order valence-corrected chi connectivity index (χ1v) is 8.39. The Morgan fingerprint density at radius 3 is 2.11 bits per heavy atom. The van der Waals surface area contributed by atoms with Gasteiger partial charge in [0.15, 0.2) is 0 Å². The molecule has 2 amide bonds. The lowest BCUT2D eigenvalue weighted by Gasteiger charge is -2.22. The number of benzene rings is 2. The number of nitrogens with one attached hydrogen (secondary N) is 2. The first kappa shape index (κ1) is 20.1. The molecule has 0 spiro atoms. The van der Waals surface area contributed by atoms with Crippen LogP contribution in [-0.2, 0) is 14.3 Å². The average molecular weight is 372 g/mol. The van der Waals surface area contributed by atoms with Crippen LogP contribution in [0.5, 0.6) is 0 Å². The molecule has 27 heavy (non-hydrogen) atoms. The van der Waals surface area contributed by atoms with E-state index in [-0.39, 0.29) is 12.3 Å². The van der Waals surface area contributed by atoms with Crippen molar-refractivity contribution in [1.82, 2.24) is 0 Å². The van der Waals surface area contributed by atoms with E-state index in [0.29, 0.717) is 11.3 Å². The average Bonchev–Trinajstić information content (AvgIpc) is 2.62.